The van der Waals surface area contributed by atoms with Crippen LogP contribution < -0.4 is 0 Å². The molecule has 0 saturated heterocycles. The van der Waals surface area contributed by atoms with E-state index in [0.29, 0.717) is 23.5 Å². The van der Waals surface area contributed by atoms with Crippen LogP contribution in [0.25, 0.3) is 17.1 Å². The predicted molar refractivity (Wildman–Crippen MR) is 74.6 cm³/mol. The molecule has 0 spiro atoms. The topological polar surface area (TPSA) is 94.0 Å². The minimum absolute atomic E-state index is 0.161. The minimum Gasteiger partial charge on any atom is -0.478 e. The maximum atomic E-state index is 11.0. The van der Waals surface area contributed by atoms with Crippen molar-refractivity contribution in [3.8, 4) is 6.01 Å². The number of benzene rings is 1. The fourth-order valence-electron chi connectivity index (χ4n) is 2.06. The first-order valence-electron chi connectivity index (χ1n) is 6.71. The highest BCUT2D eigenvalue weighted by Crippen LogP contribution is 2.20. The lowest BCUT2D eigenvalue weighted by Gasteiger charge is -1.96. The monoisotopic (exact) mass is 286 g/mol. The molecule has 21 heavy (non-hydrogen) atoms. The molecule has 0 bridgehead atoms. The van der Waals surface area contributed by atoms with Crippen molar-refractivity contribution in [2.75, 3.05) is 0 Å². The number of aryl methyl sites for hydroxylation is 2. The molecule has 3 rings (SSSR count). The molecule has 0 aliphatic heterocycles. The Bertz CT molecular complexity index is 819. The number of oxazole rings is 1. The van der Waals surface area contributed by atoms with Crippen LogP contribution in [0.3, 0.4) is 0 Å². The molecule has 1 N–H and O–H groups in total. The third-order valence-corrected chi connectivity index (χ3v) is 3.16. The molecule has 0 aliphatic rings. The van der Waals surface area contributed by atoms with Gasteiger partial charge in [-0.25, -0.2) is 9.78 Å². The molecular weight excluding hydrogens is 272 g/mol. The van der Waals surface area contributed by atoms with Gasteiger partial charge in [0.15, 0.2) is 11.4 Å². The maximum absolute atomic E-state index is 11.0. The van der Waals surface area contributed by atoms with Gasteiger partial charge < -0.3 is 9.52 Å². The summed E-state index contributed by atoms with van der Waals surface area (Å²) < 4.78 is 7.20. The van der Waals surface area contributed by atoms with Crippen LogP contribution in [0.5, 0.6) is 0 Å². The molecule has 7 nitrogen and oxygen atoms in total. The number of hydrogen-bond donors (Lipinski definition) is 1. The Kier molecular flexibility index (Phi) is 3.17. The van der Waals surface area contributed by atoms with E-state index in [2.05, 4.69) is 15.1 Å². The summed E-state index contributed by atoms with van der Waals surface area (Å²) >= 11 is 0. The molecule has 3 aromatic rings. The van der Waals surface area contributed by atoms with Crippen LogP contribution in [0.4, 0.5) is 0 Å². The van der Waals surface area contributed by atoms with Crippen LogP contribution in [-0.2, 0) is 12.8 Å². The maximum Gasteiger partial charge on any atom is 0.335 e. The number of nitrogens with zero attached hydrogens (tertiary/aromatic N) is 4. The summed E-state index contributed by atoms with van der Waals surface area (Å²) in [5.41, 5.74) is 1.17. The predicted octanol–water partition coefficient (Wildman–Crippen LogP) is 2.23. The van der Waals surface area contributed by atoms with Crippen LogP contribution in [-0.4, -0.2) is 30.8 Å². The number of carboxylic acids is 1. The number of aromatic nitrogens is 4. The molecule has 0 fully saturated rings. The van der Waals surface area contributed by atoms with Gasteiger partial charge >= 0.3 is 12.0 Å². The standard InChI is InChI=1S/C14H14N4O3/c1-3-11-16-12(4-2)18(17-11)14-15-9-6-5-8(13(19)20)7-10(9)21-14/h5-7H,3-4H2,1-2H3,(H,19,20). The summed E-state index contributed by atoms with van der Waals surface area (Å²) in [5.74, 6) is 0.482. The van der Waals surface area contributed by atoms with Crippen molar-refractivity contribution >= 4 is 17.1 Å². The second kappa shape index (κ2) is 5.01. The lowest BCUT2D eigenvalue weighted by atomic mass is 10.2. The third-order valence-electron chi connectivity index (χ3n) is 3.16. The van der Waals surface area contributed by atoms with Gasteiger partial charge in [-0.2, -0.15) is 9.67 Å². The Hall–Kier alpha value is -2.70. The normalized spacial score (nSPS) is 11.1. The Morgan fingerprint density at radius 1 is 1.29 bits per heavy atom. The average Bonchev–Trinajstić information content (AvgIpc) is 3.09. The third kappa shape index (κ3) is 2.26. The van der Waals surface area contributed by atoms with E-state index < -0.39 is 5.97 Å². The Labute approximate surface area is 120 Å². The quantitative estimate of drug-likeness (QED) is 0.790. The second-order valence-corrected chi connectivity index (χ2v) is 4.55. The summed E-state index contributed by atoms with van der Waals surface area (Å²) in [4.78, 5) is 19.7. The van der Waals surface area contributed by atoms with E-state index in [1.54, 1.807) is 10.7 Å². The number of aromatic carboxylic acids is 1. The van der Waals surface area contributed by atoms with E-state index in [0.717, 1.165) is 18.1 Å². The van der Waals surface area contributed by atoms with Crippen molar-refractivity contribution in [3.63, 3.8) is 0 Å². The van der Waals surface area contributed by atoms with Gasteiger partial charge in [0.25, 0.3) is 0 Å². The molecular formula is C14H14N4O3. The van der Waals surface area contributed by atoms with E-state index >= 15 is 0 Å². The molecule has 0 saturated carbocycles. The summed E-state index contributed by atoms with van der Waals surface area (Å²) in [6.45, 7) is 3.95. The van der Waals surface area contributed by atoms with Crippen LogP contribution in [0, 0.1) is 0 Å². The molecule has 0 aliphatic carbocycles. The van der Waals surface area contributed by atoms with E-state index in [1.165, 1.54) is 12.1 Å². The number of carboxylic acid groups (broad SMARTS) is 1. The van der Waals surface area contributed by atoms with Crippen molar-refractivity contribution in [3.05, 3.63) is 35.4 Å². The highest BCUT2D eigenvalue weighted by Gasteiger charge is 2.16. The van der Waals surface area contributed by atoms with Gasteiger partial charge in [0.1, 0.15) is 11.3 Å². The summed E-state index contributed by atoms with van der Waals surface area (Å²) in [5, 5.41) is 13.4. The number of carbonyl (C=O) groups is 1. The summed E-state index contributed by atoms with van der Waals surface area (Å²) in [6.07, 6.45) is 1.43. The van der Waals surface area contributed by atoms with Crippen molar-refractivity contribution in [1.29, 1.82) is 0 Å². The van der Waals surface area contributed by atoms with Crippen LogP contribution in [0.15, 0.2) is 22.6 Å². The van der Waals surface area contributed by atoms with Crippen molar-refractivity contribution in [2.24, 2.45) is 0 Å². The summed E-state index contributed by atoms with van der Waals surface area (Å²) in [7, 11) is 0. The average molecular weight is 286 g/mol. The van der Waals surface area contributed by atoms with Crippen LogP contribution in [0.2, 0.25) is 0 Å². The number of rotatable bonds is 4. The van der Waals surface area contributed by atoms with Gasteiger partial charge in [-0.1, -0.05) is 13.8 Å². The Morgan fingerprint density at radius 3 is 2.76 bits per heavy atom. The van der Waals surface area contributed by atoms with Gasteiger partial charge in [0, 0.05) is 12.8 Å². The van der Waals surface area contributed by atoms with E-state index in [1.807, 2.05) is 13.8 Å². The Morgan fingerprint density at radius 2 is 2.10 bits per heavy atom. The fraction of sp³-hybridized carbons (Fsp3) is 0.286. The number of hydrogen-bond acceptors (Lipinski definition) is 5. The van der Waals surface area contributed by atoms with E-state index in [4.69, 9.17) is 9.52 Å². The largest absolute Gasteiger partial charge is 0.478 e. The zero-order valence-corrected chi connectivity index (χ0v) is 11.7. The molecule has 0 atom stereocenters. The smallest absolute Gasteiger partial charge is 0.335 e. The van der Waals surface area contributed by atoms with Gasteiger partial charge in [0.2, 0.25) is 0 Å². The molecule has 1 aromatic carbocycles. The van der Waals surface area contributed by atoms with Crippen LogP contribution >= 0.6 is 0 Å². The number of fused-ring (bicyclic) bond motifs is 1. The Balaban J connectivity index is 2.12. The molecule has 0 amide bonds. The zero-order valence-electron chi connectivity index (χ0n) is 11.7. The zero-order chi connectivity index (χ0) is 15.0. The molecule has 108 valence electrons. The van der Waals surface area contributed by atoms with Crippen molar-refractivity contribution < 1.29 is 14.3 Å². The highest BCUT2D eigenvalue weighted by molar-refractivity contribution is 5.91. The molecule has 2 heterocycles. The first kappa shape index (κ1) is 13.3. The highest BCUT2D eigenvalue weighted by atomic mass is 16.4. The van der Waals surface area contributed by atoms with Gasteiger partial charge in [-0.3, -0.25) is 0 Å². The fourth-order valence-corrected chi connectivity index (χ4v) is 2.06. The van der Waals surface area contributed by atoms with Crippen molar-refractivity contribution in [2.45, 2.75) is 26.7 Å². The van der Waals surface area contributed by atoms with E-state index in [9.17, 15) is 4.79 Å². The lowest BCUT2D eigenvalue weighted by Crippen LogP contribution is -2.02. The summed E-state index contributed by atoms with van der Waals surface area (Å²) in [6, 6.07) is 4.87. The van der Waals surface area contributed by atoms with Gasteiger partial charge in [-0.15, -0.1) is 5.10 Å². The molecule has 7 heteroatoms. The second-order valence-electron chi connectivity index (χ2n) is 4.55. The first-order chi connectivity index (χ1) is 10.1. The molecule has 2 aromatic heterocycles. The lowest BCUT2D eigenvalue weighted by molar-refractivity contribution is 0.0697. The van der Waals surface area contributed by atoms with Crippen molar-refractivity contribution in [1.82, 2.24) is 19.7 Å². The SMILES string of the molecule is CCc1nc(CC)n(-c2nc3ccc(C(=O)O)cc3o2)n1. The van der Waals surface area contributed by atoms with Crippen LogP contribution in [0.1, 0.15) is 35.9 Å². The molecule has 0 radical (unpaired) electrons. The first-order valence-corrected chi connectivity index (χ1v) is 6.71. The van der Waals surface area contributed by atoms with Gasteiger partial charge in [-0.05, 0) is 18.2 Å². The van der Waals surface area contributed by atoms with Gasteiger partial charge in [0.05, 0.1) is 5.56 Å². The molecule has 0 unspecified atom stereocenters. The van der Waals surface area contributed by atoms with E-state index in [-0.39, 0.29) is 5.56 Å². The minimum atomic E-state index is -1.00.